The van der Waals surface area contributed by atoms with Gasteiger partial charge in [-0.2, -0.15) is 0 Å². The molecule has 0 bridgehead atoms. The molecule has 2 aromatic heterocycles. The maximum atomic E-state index is 13.9. The molecule has 0 saturated heterocycles. The lowest BCUT2D eigenvalue weighted by atomic mass is 10.0. The molecule has 0 atom stereocenters. The van der Waals surface area contributed by atoms with Gasteiger partial charge in [-0.25, -0.2) is 4.98 Å². The zero-order valence-electron chi connectivity index (χ0n) is 21.3. The smallest absolute Gasteiger partial charge is 0.258 e. The van der Waals surface area contributed by atoms with Crippen LogP contribution in [0.3, 0.4) is 0 Å². The van der Waals surface area contributed by atoms with Crippen LogP contribution < -0.4 is 15.5 Å². The molecule has 190 valence electrons. The summed E-state index contributed by atoms with van der Waals surface area (Å²) in [6, 6.07) is 28.1. The lowest BCUT2D eigenvalue weighted by molar-refractivity contribution is 0.0983. The number of aryl methyl sites for hydroxylation is 1. The van der Waals surface area contributed by atoms with Crippen LogP contribution in [-0.2, 0) is 6.54 Å². The maximum Gasteiger partial charge on any atom is 0.258 e. The third-order valence-corrected chi connectivity index (χ3v) is 6.77. The van der Waals surface area contributed by atoms with E-state index in [1.54, 1.807) is 41.7 Å². The van der Waals surface area contributed by atoms with E-state index in [-0.39, 0.29) is 11.8 Å². The SMILES string of the molecule is Cc1cc(NC(=O)c2ccccc2-c2cccnc2)ccc1C(=O)N1Cc2cccnc2Nc2ccccc21. The lowest BCUT2D eigenvalue weighted by Crippen LogP contribution is -2.30. The molecule has 0 radical (unpaired) electrons. The van der Waals surface area contributed by atoms with E-state index in [1.165, 1.54) is 0 Å². The van der Waals surface area contributed by atoms with E-state index in [1.807, 2.05) is 79.7 Å². The van der Waals surface area contributed by atoms with Crippen molar-refractivity contribution in [3.63, 3.8) is 0 Å². The number of benzene rings is 3. The molecule has 0 unspecified atom stereocenters. The lowest BCUT2D eigenvalue weighted by Gasteiger charge is -2.23. The van der Waals surface area contributed by atoms with Crippen LogP contribution in [0.25, 0.3) is 11.1 Å². The molecule has 3 heterocycles. The molecule has 6 rings (SSSR count). The summed E-state index contributed by atoms with van der Waals surface area (Å²) >= 11 is 0. The number of hydrogen-bond acceptors (Lipinski definition) is 5. The molecule has 1 aliphatic heterocycles. The minimum absolute atomic E-state index is 0.127. The van der Waals surface area contributed by atoms with Crippen molar-refractivity contribution in [1.29, 1.82) is 0 Å². The third kappa shape index (κ3) is 4.73. The van der Waals surface area contributed by atoms with Gasteiger partial charge in [-0.3, -0.25) is 14.6 Å². The Bertz CT molecular complexity index is 1700. The largest absolute Gasteiger partial charge is 0.338 e. The molecule has 0 fully saturated rings. The van der Waals surface area contributed by atoms with Crippen LogP contribution in [0.4, 0.5) is 22.9 Å². The molecular weight excluding hydrogens is 486 g/mol. The molecule has 7 nitrogen and oxygen atoms in total. The van der Waals surface area contributed by atoms with Gasteiger partial charge in [0.25, 0.3) is 11.8 Å². The molecule has 39 heavy (non-hydrogen) atoms. The number of fused-ring (bicyclic) bond motifs is 2. The first-order valence-electron chi connectivity index (χ1n) is 12.6. The molecular formula is C32H25N5O2. The van der Waals surface area contributed by atoms with E-state index in [0.29, 0.717) is 23.4 Å². The Labute approximate surface area is 226 Å². The quantitative estimate of drug-likeness (QED) is 0.284. The summed E-state index contributed by atoms with van der Waals surface area (Å²) in [7, 11) is 0. The molecule has 5 aromatic rings. The first-order chi connectivity index (χ1) is 19.1. The van der Waals surface area contributed by atoms with Gasteiger partial charge in [-0.05, 0) is 66.6 Å². The van der Waals surface area contributed by atoms with E-state index in [0.717, 1.165) is 39.4 Å². The van der Waals surface area contributed by atoms with Gasteiger partial charge in [0.15, 0.2) is 0 Å². The Morgan fingerprint density at radius 2 is 1.69 bits per heavy atom. The monoisotopic (exact) mass is 511 g/mol. The van der Waals surface area contributed by atoms with Crippen molar-refractivity contribution in [3.8, 4) is 11.1 Å². The van der Waals surface area contributed by atoms with Gasteiger partial charge >= 0.3 is 0 Å². The van der Waals surface area contributed by atoms with Crippen molar-refractivity contribution in [3.05, 3.63) is 132 Å². The zero-order valence-corrected chi connectivity index (χ0v) is 21.3. The van der Waals surface area contributed by atoms with Gasteiger partial charge in [-0.15, -0.1) is 0 Å². The molecule has 0 saturated carbocycles. The molecule has 7 heteroatoms. The molecule has 0 spiro atoms. The number of nitrogens with zero attached hydrogens (tertiary/aromatic N) is 3. The minimum Gasteiger partial charge on any atom is -0.338 e. The van der Waals surface area contributed by atoms with Crippen molar-refractivity contribution >= 4 is 34.7 Å². The van der Waals surface area contributed by atoms with Crippen molar-refractivity contribution in [2.75, 3.05) is 15.5 Å². The highest BCUT2D eigenvalue weighted by atomic mass is 16.2. The number of pyridine rings is 2. The van der Waals surface area contributed by atoms with Crippen LogP contribution in [-0.4, -0.2) is 21.8 Å². The second-order valence-electron chi connectivity index (χ2n) is 9.32. The molecule has 0 aliphatic carbocycles. The van der Waals surface area contributed by atoms with Gasteiger partial charge in [0.05, 0.1) is 17.9 Å². The normalized spacial score (nSPS) is 12.0. The average molecular weight is 512 g/mol. The van der Waals surface area contributed by atoms with Crippen LogP contribution in [0.1, 0.15) is 31.8 Å². The summed E-state index contributed by atoms with van der Waals surface area (Å²) in [6.07, 6.45) is 5.17. The van der Waals surface area contributed by atoms with Gasteiger partial charge in [0.1, 0.15) is 5.82 Å². The number of carbonyl (C=O) groups is 2. The fourth-order valence-corrected chi connectivity index (χ4v) is 4.84. The first-order valence-corrected chi connectivity index (χ1v) is 12.6. The standard InChI is InChI=1S/C32H25N5O2/c1-21-18-24(35-31(38)27-11-3-2-10-26(27)22-8-6-16-33-19-22)14-15-25(21)32(39)37-20-23-9-7-17-34-30(23)36-28-12-4-5-13-29(28)37/h2-19H,20H2,1H3,(H,34,36)(H,35,38). The number of hydrogen-bond donors (Lipinski definition) is 2. The first kappa shape index (κ1) is 24.1. The number of carbonyl (C=O) groups excluding carboxylic acids is 2. The second-order valence-corrected chi connectivity index (χ2v) is 9.32. The van der Waals surface area contributed by atoms with E-state index in [9.17, 15) is 9.59 Å². The van der Waals surface area contributed by atoms with E-state index >= 15 is 0 Å². The number of aromatic nitrogens is 2. The Morgan fingerprint density at radius 1 is 0.872 bits per heavy atom. The molecule has 2 N–H and O–H groups in total. The van der Waals surface area contributed by atoms with E-state index in [4.69, 9.17) is 0 Å². The number of amides is 2. The predicted molar refractivity (Wildman–Crippen MR) is 153 cm³/mol. The summed E-state index contributed by atoms with van der Waals surface area (Å²) in [5.41, 5.74) is 6.67. The summed E-state index contributed by atoms with van der Waals surface area (Å²) in [5.74, 6) is 0.379. The van der Waals surface area contributed by atoms with Gasteiger partial charge in [0, 0.05) is 46.5 Å². The van der Waals surface area contributed by atoms with Crippen LogP contribution in [0.2, 0.25) is 0 Å². The second kappa shape index (κ2) is 10.2. The fourth-order valence-electron chi connectivity index (χ4n) is 4.84. The number of nitrogens with one attached hydrogen (secondary N) is 2. The van der Waals surface area contributed by atoms with Crippen molar-refractivity contribution in [2.45, 2.75) is 13.5 Å². The maximum absolute atomic E-state index is 13.9. The van der Waals surface area contributed by atoms with Crippen molar-refractivity contribution in [1.82, 2.24) is 9.97 Å². The number of anilines is 4. The van der Waals surface area contributed by atoms with Gasteiger partial charge < -0.3 is 15.5 Å². The Hall–Kier alpha value is -5.30. The Balaban J connectivity index is 1.28. The highest BCUT2D eigenvalue weighted by Gasteiger charge is 2.26. The highest BCUT2D eigenvalue weighted by molar-refractivity contribution is 6.11. The fraction of sp³-hybridized carbons (Fsp3) is 0.0625. The van der Waals surface area contributed by atoms with Crippen molar-refractivity contribution < 1.29 is 9.59 Å². The number of para-hydroxylation sites is 2. The zero-order chi connectivity index (χ0) is 26.8. The third-order valence-electron chi connectivity index (χ3n) is 6.77. The highest BCUT2D eigenvalue weighted by Crippen LogP contribution is 2.36. The molecule has 1 aliphatic rings. The Morgan fingerprint density at radius 3 is 2.54 bits per heavy atom. The van der Waals surface area contributed by atoms with E-state index < -0.39 is 0 Å². The van der Waals surface area contributed by atoms with Crippen LogP contribution in [0, 0.1) is 6.92 Å². The topological polar surface area (TPSA) is 87.2 Å². The molecule has 3 aromatic carbocycles. The summed E-state index contributed by atoms with van der Waals surface area (Å²) < 4.78 is 0. The molecule has 2 amide bonds. The van der Waals surface area contributed by atoms with Crippen LogP contribution in [0.5, 0.6) is 0 Å². The van der Waals surface area contributed by atoms with Crippen molar-refractivity contribution in [2.24, 2.45) is 0 Å². The van der Waals surface area contributed by atoms with Gasteiger partial charge in [-0.1, -0.05) is 42.5 Å². The summed E-state index contributed by atoms with van der Waals surface area (Å²) in [5, 5.41) is 6.35. The van der Waals surface area contributed by atoms with Crippen LogP contribution >= 0.6 is 0 Å². The summed E-state index contributed by atoms with van der Waals surface area (Å²) in [6.45, 7) is 2.26. The van der Waals surface area contributed by atoms with Gasteiger partial charge in [0.2, 0.25) is 0 Å². The number of rotatable bonds is 4. The Kier molecular flexibility index (Phi) is 6.31. The van der Waals surface area contributed by atoms with E-state index in [2.05, 4.69) is 20.6 Å². The average Bonchev–Trinajstić information content (AvgIpc) is 3.14. The predicted octanol–water partition coefficient (Wildman–Crippen LogP) is 6.61. The summed E-state index contributed by atoms with van der Waals surface area (Å²) in [4.78, 5) is 37.5. The van der Waals surface area contributed by atoms with Crippen LogP contribution in [0.15, 0.2) is 110 Å². The minimum atomic E-state index is -0.232.